The fraction of sp³-hybridized carbons (Fsp3) is 0.0909. The van der Waals surface area contributed by atoms with Crippen molar-refractivity contribution in [3.8, 4) is 17.1 Å². The summed E-state index contributed by atoms with van der Waals surface area (Å²) < 4.78 is 1.98. The van der Waals surface area contributed by atoms with Crippen molar-refractivity contribution in [2.24, 2.45) is 0 Å². The van der Waals surface area contributed by atoms with E-state index in [1.807, 2.05) is 89.5 Å². The number of nitrogens with one attached hydrogen (secondary N) is 1. The van der Waals surface area contributed by atoms with Crippen LogP contribution in [0.4, 0.5) is 5.82 Å². The van der Waals surface area contributed by atoms with E-state index in [1.165, 1.54) is 0 Å². The SMILES string of the molecule is Nc1ncccc1-c1nc2cccnc2n1-c1ccc(CNC(=O)CC(c2ccccc2)c2ccccc2)cc1. The number of rotatable bonds is 8. The summed E-state index contributed by atoms with van der Waals surface area (Å²) in [5.41, 5.74) is 12.6. The highest BCUT2D eigenvalue weighted by Gasteiger charge is 2.19. The molecule has 0 aliphatic heterocycles. The quantitative estimate of drug-likeness (QED) is 0.258. The molecule has 1 amide bonds. The average Bonchev–Trinajstić information content (AvgIpc) is 3.39. The highest BCUT2D eigenvalue weighted by atomic mass is 16.1. The van der Waals surface area contributed by atoms with Gasteiger partial charge in [-0.25, -0.2) is 15.0 Å². The van der Waals surface area contributed by atoms with E-state index in [0.29, 0.717) is 24.6 Å². The molecule has 7 nitrogen and oxygen atoms in total. The molecule has 40 heavy (non-hydrogen) atoms. The van der Waals surface area contributed by atoms with Crippen LogP contribution >= 0.6 is 0 Å². The molecule has 0 saturated carbocycles. The van der Waals surface area contributed by atoms with Gasteiger partial charge < -0.3 is 11.1 Å². The smallest absolute Gasteiger partial charge is 0.221 e. The molecule has 0 atom stereocenters. The molecule has 196 valence electrons. The summed E-state index contributed by atoms with van der Waals surface area (Å²) in [5, 5.41) is 3.10. The lowest BCUT2D eigenvalue weighted by molar-refractivity contribution is -0.121. The Kier molecular flexibility index (Phi) is 7.01. The van der Waals surface area contributed by atoms with Crippen LogP contribution in [0.15, 0.2) is 122 Å². The van der Waals surface area contributed by atoms with Crippen molar-refractivity contribution in [1.29, 1.82) is 0 Å². The number of carbonyl (C=O) groups is 1. The molecule has 3 aromatic carbocycles. The maximum atomic E-state index is 13.1. The fourth-order valence-corrected chi connectivity index (χ4v) is 4.96. The Morgan fingerprint density at radius 3 is 2.10 bits per heavy atom. The third-order valence-electron chi connectivity index (χ3n) is 6.97. The van der Waals surface area contributed by atoms with Crippen LogP contribution in [-0.2, 0) is 11.3 Å². The molecular weight excluding hydrogens is 496 g/mol. The molecule has 3 N–H and O–H groups in total. The van der Waals surface area contributed by atoms with Crippen molar-refractivity contribution < 1.29 is 4.79 Å². The molecule has 0 aliphatic carbocycles. The lowest BCUT2D eigenvalue weighted by Crippen LogP contribution is -2.25. The van der Waals surface area contributed by atoms with Gasteiger partial charge in [0.05, 0.1) is 5.56 Å². The molecule has 0 aliphatic rings. The van der Waals surface area contributed by atoms with Gasteiger partial charge in [-0.2, -0.15) is 0 Å². The molecule has 0 fully saturated rings. The summed E-state index contributed by atoms with van der Waals surface area (Å²) in [4.78, 5) is 26.7. The van der Waals surface area contributed by atoms with Crippen molar-refractivity contribution in [3.63, 3.8) is 0 Å². The number of carbonyl (C=O) groups excluding carboxylic acids is 1. The minimum absolute atomic E-state index is 0.000857. The molecule has 0 spiro atoms. The number of amides is 1. The highest BCUT2D eigenvalue weighted by molar-refractivity contribution is 5.82. The predicted molar refractivity (Wildman–Crippen MR) is 158 cm³/mol. The van der Waals surface area contributed by atoms with Crippen LogP contribution in [0, 0.1) is 0 Å². The number of fused-ring (bicyclic) bond motifs is 1. The number of imidazole rings is 1. The van der Waals surface area contributed by atoms with Crippen molar-refractivity contribution >= 4 is 22.9 Å². The first kappa shape index (κ1) is 25.0. The van der Waals surface area contributed by atoms with E-state index in [0.717, 1.165) is 39.1 Å². The number of anilines is 1. The number of nitrogens with zero attached hydrogens (tertiary/aromatic N) is 4. The first-order valence-corrected chi connectivity index (χ1v) is 13.2. The minimum atomic E-state index is -0.00914. The van der Waals surface area contributed by atoms with Gasteiger partial charge in [-0.3, -0.25) is 9.36 Å². The third kappa shape index (κ3) is 5.17. The number of aromatic nitrogens is 4. The van der Waals surface area contributed by atoms with Gasteiger partial charge in [0.25, 0.3) is 0 Å². The Morgan fingerprint density at radius 2 is 1.43 bits per heavy atom. The topological polar surface area (TPSA) is 98.7 Å². The van der Waals surface area contributed by atoms with Gasteiger partial charge in [-0.05, 0) is 53.1 Å². The summed E-state index contributed by atoms with van der Waals surface area (Å²) in [6.45, 7) is 0.431. The molecule has 3 aromatic heterocycles. The molecule has 3 heterocycles. The number of hydrogen-bond donors (Lipinski definition) is 2. The Labute approximate surface area is 232 Å². The molecule has 0 unspecified atom stereocenters. The maximum absolute atomic E-state index is 13.1. The van der Waals surface area contributed by atoms with Gasteiger partial charge in [-0.1, -0.05) is 72.8 Å². The number of nitrogen functional groups attached to an aromatic ring is 1. The van der Waals surface area contributed by atoms with Gasteiger partial charge in [0.1, 0.15) is 11.3 Å². The zero-order valence-electron chi connectivity index (χ0n) is 21.8. The largest absolute Gasteiger partial charge is 0.383 e. The normalized spacial score (nSPS) is 11.1. The Hall–Kier alpha value is -5.30. The van der Waals surface area contributed by atoms with E-state index >= 15 is 0 Å². The Bertz CT molecular complexity index is 1710. The molecular formula is C33H28N6O. The Balaban J connectivity index is 1.21. The Morgan fingerprint density at radius 1 is 0.775 bits per heavy atom. The minimum Gasteiger partial charge on any atom is -0.383 e. The zero-order valence-corrected chi connectivity index (χ0v) is 21.8. The van der Waals surface area contributed by atoms with Crippen LogP contribution in [0.2, 0.25) is 0 Å². The first-order chi connectivity index (χ1) is 19.7. The first-order valence-electron chi connectivity index (χ1n) is 13.2. The van der Waals surface area contributed by atoms with Crippen LogP contribution in [0.25, 0.3) is 28.2 Å². The van der Waals surface area contributed by atoms with Gasteiger partial charge in [-0.15, -0.1) is 0 Å². The lowest BCUT2D eigenvalue weighted by atomic mass is 9.88. The van der Waals surface area contributed by atoms with Crippen LogP contribution in [0.3, 0.4) is 0 Å². The van der Waals surface area contributed by atoms with Crippen LogP contribution < -0.4 is 11.1 Å². The molecule has 6 aromatic rings. The van der Waals surface area contributed by atoms with Crippen molar-refractivity contribution in [3.05, 3.63) is 138 Å². The van der Waals surface area contributed by atoms with Crippen LogP contribution in [0.5, 0.6) is 0 Å². The van der Waals surface area contributed by atoms with Crippen LogP contribution in [0.1, 0.15) is 29.0 Å². The molecule has 0 saturated heterocycles. The summed E-state index contributed by atoms with van der Waals surface area (Å²) in [6, 6.07) is 35.9. The van der Waals surface area contributed by atoms with Crippen molar-refractivity contribution in [1.82, 2.24) is 24.8 Å². The summed E-state index contributed by atoms with van der Waals surface area (Å²) >= 11 is 0. The van der Waals surface area contributed by atoms with Gasteiger partial charge in [0.2, 0.25) is 5.91 Å². The fourth-order valence-electron chi connectivity index (χ4n) is 4.96. The van der Waals surface area contributed by atoms with Gasteiger partial charge in [0, 0.05) is 37.0 Å². The monoisotopic (exact) mass is 524 g/mol. The molecule has 6 rings (SSSR count). The maximum Gasteiger partial charge on any atom is 0.221 e. The zero-order chi connectivity index (χ0) is 27.3. The van der Waals surface area contributed by atoms with Gasteiger partial charge >= 0.3 is 0 Å². The second kappa shape index (κ2) is 11.2. The van der Waals surface area contributed by atoms with E-state index in [4.69, 9.17) is 10.7 Å². The molecule has 0 bridgehead atoms. The van der Waals surface area contributed by atoms with E-state index in [-0.39, 0.29) is 11.8 Å². The number of nitrogens with two attached hydrogens (primary N) is 1. The third-order valence-corrected chi connectivity index (χ3v) is 6.97. The number of pyridine rings is 2. The van der Waals surface area contributed by atoms with E-state index in [1.54, 1.807) is 12.4 Å². The van der Waals surface area contributed by atoms with Crippen molar-refractivity contribution in [2.45, 2.75) is 18.9 Å². The molecule has 0 radical (unpaired) electrons. The predicted octanol–water partition coefficient (Wildman–Crippen LogP) is 5.90. The number of hydrogen-bond acceptors (Lipinski definition) is 5. The van der Waals surface area contributed by atoms with E-state index in [2.05, 4.69) is 39.6 Å². The average molecular weight is 525 g/mol. The summed E-state index contributed by atoms with van der Waals surface area (Å²) in [5.74, 6) is 1.07. The van der Waals surface area contributed by atoms with E-state index < -0.39 is 0 Å². The van der Waals surface area contributed by atoms with E-state index in [9.17, 15) is 4.79 Å². The second-order valence-corrected chi connectivity index (χ2v) is 9.57. The second-order valence-electron chi connectivity index (χ2n) is 9.57. The van der Waals surface area contributed by atoms with Gasteiger partial charge in [0.15, 0.2) is 11.5 Å². The number of benzene rings is 3. The van der Waals surface area contributed by atoms with Crippen molar-refractivity contribution in [2.75, 3.05) is 5.73 Å². The summed E-state index contributed by atoms with van der Waals surface area (Å²) in [7, 11) is 0. The standard InChI is InChI=1S/C33H28N6O/c34-31-27(13-7-19-35-31)32-38-29-14-8-20-36-33(29)39(32)26-17-15-23(16-18-26)22-37-30(40)21-28(24-9-3-1-4-10-24)25-11-5-2-6-12-25/h1-20,28H,21-22H2,(H2,34,35)(H,37,40). The molecule has 7 heteroatoms. The summed E-state index contributed by atoms with van der Waals surface area (Å²) in [6.07, 6.45) is 3.78. The lowest BCUT2D eigenvalue weighted by Gasteiger charge is -2.18. The van der Waals surface area contributed by atoms with Crippen LogP contribution in [-0.4, -0.2) is 25.4 Å². The highest BCUT2D eigenvalue weighted by Crippen LogP contribution is 2.30.